The number of aliphatic imine (C=N–C) groups is 1. The lowest BCUT2D eigenvalue weighted by Gasteiger charge is -2.23. The number of hydrazine groups is 1. The van der Waals surface area contributed by atoms with Crippen molar-refractivity contribution in [2.24, 2.45) is 10.7 Å². The van der Waals surface area contributed by atoms with Crippen molar-refractivity contribution in [3.63, 3.8) is 0 Å². The number of halogens is 10. The molecule has 2 atom stereocenters. The predicted octanol–water partition coefficient (Wildman–Crippen LogP) is 7.18. The molecule has 0 spiro atoms. The highest BCUT2D eigenvalue weighted by atomic mass is 35.5. The Bertz CT molecular complexity index is 2680. The molecule has 0 aliphatic heterocycles. The maximum absolute atomic E-state index is 15.7. The second-order valence-electron chi connectivity index (χ2n) is 16.6. The molecule has 2 amide bonds. The number of nitrogens with one attached hydrogen (secondary N) is 3. The van der Waals surface area contributed by atoms with Crippen LogP contribution in [0.4, 0.5) is 50.1 Å². The summed E-state index contributed by atoms with van der Waals surface area (Å²) in [5.41, 5.74) is 1.14. The Morgan fingerprint density at radius 2 is 1.65 bits per heavy atom. The zero-order chi connectivity index (χ0) is 52.5. The van der Waals surface area contributed by atoms with E-state index >= 15 is 4.39 Å². The third-order valence-electron chi connectivity index (χ3n) is 10.8. The van der Waals surface area contributed by atoms with Crippen molar-refractivity contribution in [2.75, 3.05) is 65.3 Å². The zero-order valence-electron chi connectivity index (χ0n) is 39.0. The van der Waals surface area contributed by atoms with E-state index < -0.39 is 108 Å². The van der Waals surface area contributed by atoms with Gasteiger partial charge in [-0.3, -0.25) is 14.5 Å². The van der Waals surface area contributed by atoms with E-state index in [0.717, 1.165) is 19.1 Å². The quantitative estimate of drug-likeness (QED) is 0.0277. The van der Waals surface area contributed by atoms with Gasteiger partial charge in [0.15, 0.2) is 5.82 Å². The maximum Gasteiger partial charge on any atom is 0.431 e. The van der Waals surface area contributed by atoms with Gasteiger partial charge in [-0.2, -0.15) is 36.5 Å². The number of rotatable bonds is 19. The average Bonchev–Trinajstić information content (AvgIpc) is 3.80. The van der Waals surface area contributed by atoms with Crippen molar-refractivity contribution in [1.29, 1.82) is 0 Å². The summed E-state index contributed by atoms with van der Waals surface area (Å²) in [6.45, 7) is 1.42. The molecule has 1 aliphatic carbocycles. The first kappa shape index (κ1) is 56.0. The number of aliphatic hydroxyl groups excluding tert-OH is 1. The fraction of sp³-hybridized carbons (Fsp3) is 0.457. The van der Waals surface area contributed by atoms with Gasteiger partial charge < -0.3 is 35.7 Å². The molecule has 4 aromatic rings. The standard InChI is InChI=1S/C46H51ClF9N9O6/c1-43(2,58-4)12-10-29-6-7-30(31-8-9-33(47)36-38(31)64(25-45(51,52)53)63-41(36)65(59-5)42(68)71-19-18-70-17-16-69-15-14-66)37(61-29)34(22-26-20-27(48)23-28(49)21-26)62-35(67)24-60-40-32(11-13-44(40,3)50)39(57)46(54,55)56/h6-9,20-21,23,34,58-59,66H,11,13-19,22,24-25,57H2,1-5H3,(H,62,67). The summed E-state index contributed by atoms with van der Waals surface area (Å²) in [6, 6.07) is 6.41. The van der Waals surface area contributed by atoms with Gasteiger partial charge in [0, 0.05) is 29.8 Å². The van der Waals surface area contributed by atoms with E-state index in [-0.39, 0.29) is 83.6 Å². The molecule has 1 saturated carbocycles. The van der Waals surface area contributed by atoms with Crippen LogP contribution in [-0.2, 0) is 32.0 Å². The highest BCUT2D eigenvalue weighted by molar-refractivity contribution is 6.37. The summed E-state index contributed by atoms with van der Waals surface area (Å²) < 4.78 is 146. The molecule has 2 aromatic heterocycles. The van der Waals surface area contributed by atoms with Gasteiger partial charge in [-0.1, -0.05) is 23.6 Å². The van der Waals surface area contributed by atoms with Crippen LogP contribution in [0.5, 0.6) is 0 Å². The van der Waals surface area contributed by atoms with Crippen LogP contribution in [0.25, 0.3) is 22.0 Å². The molecule has 2 heterocycles. The van der Waals surface area contributed by atoms with E-state index in [1.54, 1.807) is 20.9 Å². The summed E-state index contributed by atoms with van der Waals surface area (Å²) in [5, 5.41) is 18.9. The Labute approximate surface area is 406 Å². The number of hydrogen-bond acceptors (Lipinski definition) is 12. The first-order chi connectivity index (χ1) is 33.3. The molecule has 2 unspecified atom stereocenters. The lowest BCUT2D eigenvalue weighted by molar-refractivity contribution is -0.141. The molecule has 0 radical (unpaired) electrons. The molecule has 6 N–H and O–H groups in total. The van der Waals surface area contributed by atoms with E-state index in [9.17, 15) is 44.7 Å². The number of fused-ring (bicyclic) bond motifs is 1. The smallest absolute Gasteiger partial charge is 0.431 e. The minimum atomic E-state index is -5.05. The van der Waals surface area contributed by atoms with Crippen molar-refractivity contribution in [1.82, 2.24) is 30.8 Å². The molecule has 0 bridgehead atoms. The molecule has 71 heavy (non-hydrogen) atoms. The monoisotopic (exact) mass is 1030 g/mol. The van der Waals surface area contributed by atoms with Crippen molar-refractivity contribution in [2.45, 2.75) is 76.2 Å². The third kappa shape index (κ3) is 14.8. The zero-order valence-corrected chi connectivity index (χ0v) is 39.7. The first-order valence-electron chi connectivity index (χ1n) is 21.7. The van der Waals surface area contributed by atoms with Crippen LogP contribution < -0.4 is 26.8 Å². The summed E-state index contributed by atoms with van der Waals surface area (Å²) in [6.07, 6.45) is -12.5. The third-order valence-corrected chi connectivity index (χ3v) is 11.2. The van der Waals surface area contributed by atoms with Crippen molar-refractivity contribution in [3.05, 3.63) is 87.3 Å². The predicted molar refractivity (Wildman–Crippen MR) is 245 cm³/mol. The average molecular weight is 1030 g/mol. The Hall–Kier alpha value is -5.97. The Balaban J connectivity index is 1.71. The largest absolute Gasteiger partial charge is 0.446 e. The fourth-order valence-corrected chi connectivity index (χ4v) is 7.58. The number of aromatic nitrogens is 3. The van der Waals surface area contributed by atoms with Crippen molar-refractivity contribution < 1.29 is 68.4 Å². The fourth-order valence-electron chi connectivity index (χ4n) is 7.34. The number of anilines is 1. The number of amides is 2. The number of carbonyl (C=O) groups excluding carboxylic acids is 2. The van der Waals surface area contributed by atoms with Gasteiger partial charge in [-0.15, -0.1) is 0 Å². The van der Waals surface area contributed by atoms with Gasteiger partial charge in [0.1, 0.15) is 48.4 Å². The Morgan fingerprint density at radius 1 is 1.00 bits per heavy atom. The lowest BCUT2D eigenvalue weighted by Crippen LogP contribution is -2.42. The number of hydrogen-bond donors (Lipinski definition) is 5. The summed E-state index contributed by atoms with van der Waals surface area (Å²) in [5.74, 6) is 2.35. The van der Waals surface area contributed by atoms with Gasteiger partial charge in [0.25, 0.3) is 0 Å². The molecular weight excluding hydrogens is 981 g/mol. The number of nitrogens with zero attached hydrogens (tertiary/aromatic N) is 5. The second kappa shape index (κ2) is 23.5. The van der Waals surface area contributed by atoms with Gasteiger partial charge >= 0.3 is 18.4 Å². The molecule has 2 aromatic carbocycles. The number of pyridine rings is 1. The number of benzene rings is 2. The Kier molecular flexibility index (Phi) is 18.5. The normalized spacial score (nSPS) is 17.0. The number of nitrogens with two attached hydrogens (primary N) is 1. The summed E-state index contributed by atoms with van der Waals surface area (Å²) in [7, 11) is 2.90. The number of carbonyl (C=O) groups is 2. The minimum Gasteiger partial charge on any atom is -0.446 e. The van der Waals surface area contributed by atoms with E-state index in [0.29, 0.717) is 15.8 Å². The van der Waals surface area contributed by atoms with Gasteiger partial charge in [0.2, 0.25) is 5.91 Å². The summed E-state index contributed by atoms with van der Waals surface area (Å²) in [4.78, 5) is 36.1. The molecule has 25 heteroatoms. The van der Waals surface area contributed by atoms with Crippen molar-refractivity contribution >= 4 is 46.0 Å². The minimum absolute atomic E-state index is 0.0255. The maximum atomic E-state index is 15.7. The van der Waals surface area contributed by atoms with E-state index in [2.05, 4.69) is 38.0 Å². The second-order valence-corrected chi connectivity index (χ2v) is 17.1. The highest BCUT2D eigenvalue weighted by Gasteiger charge is 2.45. The van der Waals surface area contributed by atoms with Crippen LogP contribution in [0.3, 0.4) is 0 Å². The highest BCUT2D eigenvalue weighted by Crippen LogP contribution is 2.42. The number of alkyl halides is 7. The molecule has 0 saturated heterocycles. The van der Waals surface area contributed by atoms with Crippen LogP contribution in [0.2, 0.25) is 5.02 Å². The van der Waals surface area contributed by atoms with Crippen molar-refractivity contribution in [3.8, 4) is 23.0 Å². The van der Waals surface area contributed by atoms with E-state index in [4.69, 9.17) is 41.6 Å². The van der Waals surface area contributed by atoms with Crippen LogP contribution in [0.1, 0.15) is 56.6 Å². The van der Waals surface area contributed by atoms with E-state index in [1.165, 1.54) is 31.3 Å². The first-order valence-corrected chi connectivity index (χ1v) is 22.1. The summed E-state index contributed by atoms with van der Waals surface area (Å²) >= 11 is 6.73. The van der Waals surface area contributed by atoms with Crippen LogP contribution in [-0.4, -0.2) is 121 Å². The van der Waals surface area contributed by atoms with Crippen LogP contribution in [0, 0.1) is 23.5 Å². The number of allylic oxidation sites excluding steroid dienone is 2. The lowest BCUT2D eigenvalue weighted by atomic mass is 9.93. The molecule has 15 nitrogen and oxygen atoms in total. The number of ether oxygens (including phenoxy) is 3. The molecule has 1 aliphatic rings. The molecule has 1 fully saturated rings. The molecule has 5 rings (SSSR count). The van der Waals surface area contributed by atoms with E-state index in [1.807, 2.05) is 0 Å². The number of aliphatic hydroxyl groups is 1. The SMILES string of the molecule is CNN(C(=O)OCCOCCOCCO)c1nn(CC(F)(F)F)c2c(-c3ccc(C#CC(C)(C)NC)nc3C(Cc3cc(F)cc(F)c3)NC(=O)CN=C3C(=C(N)C(F)(F)F)CCC3(C)F)ccc(Cl)c12. The van der Waals surface area contributed by atoms with Gasteiger partial charge in [-0.05, 0) is 88.9 Å². The van der Waals surface area contributed by atoms with Crippen LogP contribution in [0.15, 0.2) is 58.7 Å². The van der Waals surface area contributed by atoms with Crippen LogP contribution >= 0.6 is 11.6 Å². The Morgan fingerprint density at radius 3 is 2.27 bits per heavy atom. The van der Waals surface area contributed by atoms with Gasteiger partial charge in [-0.25, -0.2) is 28.4 Å². The topological polar surface area (TPSA) is 190 Å². The molecule has 386 valence electrons. The van der Waals surface area contributed by atoms with Gasteiger partial charge in [0.05, 0.1) is 71.9 Å². The molecular formula is C46H51ClF9N9O6.